The van der Waals surface area contributed by atoms with Crippen LogP contribution in [0.3, 0.4) is 0 Å². The molecule has 0 saturated carbocycles. The molecule has 0 bridgehead atoms. The fourth-order valence-electron chi connectivity index (χ4n) is 1.86. The van der Waals surface area contributed by atoms with Crippen LogP contribution in [0.1, 0.15) is 11.9 Å². The number of carbonyl (C=O) groups excluding carboxylic acids is 1. The summed E-state index contributed by atoms with van der Waals surface area (Å²) in [5, 5.41) is 11.0. The number of nitrogens with zero attached hydrogens (tertiary/aromatic N) is 2. The molecule has 2 N–H and O–H groups in total. The third-order valence-electron chi connectivity index (χ3n) is 2.94. The zero-order valence-electron chi connectivity index (χ0n) is 11.7. The third kappa shape index (κ3) is 2.74. The van der Waals surface area contributed by atoms with Crippen LogP contribution in [-0.4, -0.2) is 30.6 Å². The highest BCUT2D eigenvalue weighted by atomic mass is 32.2. The monoisotopic (exact) mass is 340 g/mol. The number of aromatic nitrogens is 2. The average Bonchev–Trinajstić information content (AvgIpc) is 2.84. The summed E-state index contributed by atoms with van der Waals surface area (Å²) in [5.41, 5.74) is 0.439. The second-order valence-electron chi connectivity index (χ2n) is 4.64. The molecule has 0 radical (unpaired) electrons. The van der Waals surface area contributed by atoms with Gasteiger partial charge in [-0.25, -0.2) is 8.42 Å². The molecule has 8 nitrogen and oxygen atoms in total. The Morgan fingerprint density at radius 3 is 2.82 bits per heavy atom. The first-order valence-corrected chi connectivity index (χ1v) is 8.59. The summed E-state index contributed by atoms with van der Waals surface area (Å²) in [6.45, 7) is 3.31. The lowest BCUT2D eigenvalue weighted by Gasteiger charge is -2.23. The maximum atomic E-state index is 12.3. The Morgan fingerprint density at radius 1 is 1.36 bits per heavy atom. The number of aryl methyl sites for hydroxylation is 1. The number of rotatable bonds is 3. The van der Waals surface area contributed by atoms with Gasteiger partial charge in [0, 0.05) is 6.07 Å². The van der Waals surface area contributed by atoms with Crippen LogP contribution in [0.2, 0.25) is 0 Å². The summed E-state index contributed by atoms with van der Waals surface area (Å²) in [5.74, 6) is 0.0361. The number of hydrogen-bond donors (Lipinski definition) is 2. The Hall–Kier alpha value is -2.20. The van der Waals surface area contributed by atoms with E-state index in [9.17, 15) is 13.2 Å². The van der Waals surface area contributed by atoms with Crippen molar-refractivity contribution in [1.29, 1.82) is 0 Å². The van der Waals surface area contributed by atoms with E-state index in [0.717, 1.165) is 11.3 Å². The number of ether oxygens (including phenoxy) is 1. The second kappa shape index (κ2) is 5.21. The fraction of sp³-hybridized carbons (Fsp3) is 0.250. The van der Waals surface area contributed by atoms with Gasteiger partial charge in [0.25, 0.3) is 15.9 Å². The highest BCUT2D eigenvalue weighted by Gasteiger charge is 2.26. The number of amides is 1. The zero-order valence-corrected chi connectivity index (χ0v) is 13.3. The van der Waals surface area contributed by atoms with Crippen molar-refractivity contribution >= 4 is 38.1 Å². The van der Waals surface area contributed by atoms with E-state index in [4.69, 9.17) is 4.74 Å². The number of fused-ring (bicyclic) bond motifs is 1. The van der Waals surface area contributed by atoms with Crippen LogP contribution in [0.25, 0.3) is 0 Å². The van der Waals surface area contributed by atoms with Gasteiger partial charge in [-0.1, -0.05) is 11.3 Å². The molecule has 116 valence electrons. The van der Waals surface area contributed by atoms with Crippen LogP contribution < -0.4 is 14.8 Å². The van der Waals surface area contributed by atoms with Gasteiger partial charge in [0.05, 0.1) is 10.6 Å². The number of nitrogens with one attached hydrogen (secondary N) is 2. The average molecular weight is 340 g/mol. The summed E-state index contributed by atoms with van der Waals surface area (Å²) >= 11 is 1.14. The van der Waals surface area contributed by atoms with Gasteiger partial charge < -0.3 is 10.1 Å². The van der Waals surface area contributed by atoms with E-state index >= 15 is 0 Å². The number of sulfonamides is 1. The summed E-state index contributed by atoms with van der Waals surface area (Å²) in [7, 11) is -3.80. The highest BCUT2D eigenvalue weighted by Crippen LogP contribution is 2.32. The van der Waals surface area contributed by atoms with E-state index in [1.807, 2.05) is 0 Å². The lowest BCUT2D eigenvalue weighted by Crippen LogP contribution is -2.34. The van der Waals surface area contributed by atoms with Crippen LogP contribution >= 0.6 is 11.3 Å². The van der Waals surface area contributed by atoms with Crippen molar-refractivity contribution in [3.8, 4) is 5.75 Å². The van der Waals surface area contributed by atoms with E-state index in [-0.39, 0.29) is 15.9 Å². The van der Waals surface area contributed by atoms with Crippen molar-refractivity contribution in [2.24, 2.45) is 0 Å². The molecule has 1 aliphatic heterocycles. The van der Waals surface area contributed by atoms with Gasteiger partial charge in [0.1, 0.15) is 10.8 Å². The fourth-order valence-corrected chi connectivity index (χ4v) is 3.70. The van der Waals surface area contributed by atoms with Crippen LogP contribution in [0.5, 0.6) is 5.75 Å². The summed E-state index contributed by atoms with van der Waals surface area (Å²) in [6.07, 6.45) is -0.677. The highest BCUT2D eigenvalue weighted by molar-refractivity contribution is 7.93. The molecule has 0 spiro atoms. The maximum absolute atomic E-state index is 12.3. The van der Waals surface area contributed by atoms with Gasteiger partial charge in [0.15, 0.2) is 6.10 Å². The van der Waals surface area contributed by atoms with Crippen LogP contribution in [0.4, 0.5) is 10.8 Å². The lowest BCUT2D eigenvalue weighted by molar-refractivity contribution is -0.122. The quantitative estimate of drug-likeness (QED) is 0.873. The van der Waals surface area contributed by atoms with Crippen LogP contribution in [0, 0.1) is 6.92 Å². The summed E-state index contributed by atoms with van der Waals surface area (Å²) in [4.78, 5) is 11.5. The van der Waals surface area contributed by atoms with E-state index in [0.29, 0.717) is 16.4 Å². The Bertz CT molecular complexity index is 847. The summed E-state index contributed by atoms with van der Waals surface area (Å²) in [6, 6.07) is 4.23. The molecule has 1 aromatic carbocycles. The van der Waals surface area contributed by atoms with E-state index in [2.05, 4.69) is 20.2 Å². The standard InChI is InChI=1S/C12H12N4O4S2/c1-6-11(17)13-9-4-3-8(5-10(9)20-6)22(18,19)16-12-15-14-7(2)21-12/h3-6H,1-2H3,(H,13,17)(H,15,16)/t6-/m0/s1. The van der Waals surface area contributed by atoms with Gasteiger partial charge in [-0.15, -0.1) is 10.2 Å². The number of benzene rings is 1. The Labute approximate surface area is 130 Å². The van der Waals surface area contributed by atoms with Gasteiger partial charge in [0.2, 0.25) is 5.13 Å². The second-order valence-corrected chi connectivity index (χ2v) is 7.50. The minimum Gasteiger partial charge on any atom is -0.479 e. The molecule has 2 aromatic rings. The zero-order chi connectivity index (χ0) is 15.9. The topological polar surface area (TPSA) is 110 Å². The van der Waals surface area contributed by atoms with Crippen molar-refractivity contribution in [3.05, 3.63) is 23.2 Å². The molecule has 22 heavy (non-hydrogen) atoms. The van der Waals surface area contributed by atoms with Crippen molar-refractivity contribution in [2.45, 2.75) is 24.8 Å². The molecule has 1 aromatic heterocycles. The molecule has 3 rings (SSSR count). The van der Waals surface area contributed by atoms with Crippen molar-refractivity contribution < 1.29 is 17.9 Å². The first-order valence-electron chi connectivity index (χ1n) is 6.30. The normalized spacial score (nSPS) is 17.4. The Balaban J connectivity index is 1.92. The molecule has 10 heteroatoms. The molecular weight excluding hydrogens is 328 g/mol. The van der Waals surface area contributed by atoms with Crippen molar-refractivity contribution in [2.75, 3.05) is 10.0 Å². The molecule has 2 heterocycles. The number of carbonyl (C=O) groups is 1. The van der Waals surface area contributed by atoms with Gasteiger partial charge >= 0.3 is 0 Å². The molecule has 1 amide bonds. The Morgan fingerprint density at radius 2 is 2.14 bits per heavy atom. The predicted molar refractivity (Wildman–Crippen MR) is 80.6 cm³/mol. The largest absolute Gasteiger partial charge is 0.479 e. The minimum atomic E-state index is -3.80. The smallest absolute Gasteiger partial charge is 0.265 e. The first-order chi connectivity index (χ1) is 10.3. The molecular formula is C12H12N4O4S2. The predicted octanol–water partition coefficient (Wildman–Crippen LogP) is 1.37. The SMILES string of the molecule is Cc1nnc(NS(=O)(=O)c2ccc3c(c2)O[C@@H](C)C(=O)N3)s1. The molecule has 0 aliphatic carbocycles. The minimum absolute atomic E-state index is 0.0162. The van der Waals surface area contributed by atoms with E-state index in [1.165, 1.54) is 18.2 Å². The van der Waals surface area contributed by atoms with Crippen molar-refractivity contribution in [3.63, 3.8) is 0 Å². The van der Waals surface area contributed by atoms with Gasteiger partial charge in [-0.3, -0.25) is 9.52 Å². The molecule has 1 aliphatic rings. The molecule has 1 atom stereocenters. The van der Waals surface area contributed by atoms with E-state index < -0.39 is 16.1 Å². The first kappa shape index (κ1) is 14.7. The third-order valence-corrected chi connectivity index (χ3v) is 5.16. The van der Waals surface area contributed by atoms with Crippen LogP contribution in [-0.2, 0) is 14.8 Å². The van der Waals surface area contributed by atoms with Crippen molar-refractivity contribution in [1.82, 2.24) is 10.2 Å². The number of hydrogen-bond acceptors (Lipinski definition) is 7. The lowest BCUT2D eigenvalue weighted by atomic mass is 10.2. The molecule has 0 fully saturated rings. The van der Waals surface area contributed by atoms with Crippen LogP contribution in [0.15, 0.2) is 23.1 Å². The molecule has 0 saturated heterocycles. The van der Waals surface area contributed by atoms with E-state index in [1.54, 1.807) is 13.8 Å². The number of anilines is 2. The van der Waals surface area contributed by atoms with Gasteiger partial charge in [-0.2, -0.15) is 0 Å². The maximum Gasteiger partial charge on any atom is 0.265 e. The van der Waals surface area contributed by atoms with Gasteiger partial charge in [-0.05, 0) is 26.0 Å². The molecule has 0 unspecified atom stereocenters. The summed E-state index contributed by atoms with van der Waals surface area (Å²) < 4.78 is 32.4. The Kier molecular flexibility index (Phi) is 3.49.